The maximum atomic E-state index is 13.2. The van der Waals surface area contributed by atoms with Crippen molar-refractivity contribution < 1.29 is 4.39 Å². The smallest absolute Gasteiger partial charge is 0.123 e. The number of hydrogen-bond donors (Lipinski definition) is 1. The SMILES string of the molecule is CNCC1(c2ccc(-c3cccc(F)c3)s2)CC1. The topological polar surface area (TPSA) is 12.0 Å². The van der Waals surface area contributed by atoms with Gasteiger partial charge in [-0.3, -0.25) is 0 Å². The Hall–Kier alpha value is -1.19. The Morgan fingerprint density at radius 2 is 2.11 bits per heavy atom. The molecule has 1 aliphatic rings. The van der Waals surface area contributed by atoms with Gasteiger partial charge in [0.2, 0.25) is 0 Å². The molecule has 0 saturated heterocycles. The molecule has 1 heterocycles. The van der Waals surface area contributed by atoms with Crippen LogP contribution in [0.4, 0.5) is 4.39 Å². The standard InChI is InChI=1S/C15H16FNS/c1-17-10-15(7-8-15)14-6-5-13(18-14)11-3-2-4-12(16)9-11/h2-6,9,17H,7-8,10H2,1H3. The predicted octanol–water partition coefficient (Wildman–Crippen LogP) is 3.81. The Morgan fingerprint density at radius 1 is 1.28 bits per heavy atom. The van der Waals surface area contributed by atoms with Gasteiger partial charge >= 0.3 is 0 Å². The molecule has 3 rings (SSSR count). The summed E-state index contributed by atoms with van der Waals surface area (Å²) in [5.41, 5.74) is 1.33. The number of thiophene rings is 1. The van der Waals surface area contributed by atoms with E-state index in [1.54, 1.807) is 23.5 Å². The molecule has 3 heteroatoms. The molecule has 0 spiro atoms. The van der Waals surface area contributed by atoms with Gasteiger partial charge in [-0.25, -0.2) is 4.39 Å². The summed E-state index contributed by atoms with van der Waals surface area (Å²) in [6.45, 7) is 1.04. The van der Waals surface area contributed by atoms with Crippen molar-refractivity contribution in [2.75, 3.05) is 13.6 Å². The molecule has 0 atom stereocenters. The van der Waals surface area contributed by atoms with Gasteiger partial charge in [0.05, 0.1) is 0 Å². The second-order valence-electron chi connectivity index (χ2n) is 4.98. The highest BCUT2D eigenvalue weighted by atomic mass is 32.1. The average Bonchev–Trinajstić information content (AvgIpc) is 2.97. The van der Waals surface area contributed by atoms with Crippen molar-refractivity contribution in [3.8, 4) is 10.4 Å². The van der Waals surface area contributed by atoms with E-state index >= 15 is 0 Å². The molecular formula is C15H16FNS. The normalized spacial score (nSPS) is 16.8. The third-order valence-corrected chi connectivity index (χ3v) is 4.99. The number of likely N-dealkylation sites (N-methyl/N-ethyl adjacent to an activating group) is 1. The molecule has 1 N–H and O–H groups in total. The van der Waals surface area contributed by atoms with Crippen molar-refractivity contribution in [3.63, 3.8) is 0 Å². The Balaban J connectivity index is 1.90. The van der Waals surface area contributed by atoms with Crippen LogP contribution < -0.4 is 5.32 Å². The van der Waals surface area contributed by atoms with Crippen LogP contribution in [0, 0.1) is 5.82 Å². The molecule has 0 unspecified atom stereocenters. The molecule has 0 radical (unpaired) electrons. The average molecular weight is 261 g/mol. The molecule has 1 aliphatic carbocycles. The van der Waals surface area contributed by atoms with Crippen LogP contribution in [-0.2, 0) is 5.41 Å². The zero-order valence-corrected chi connectivity index (χ0v) is 11.2. The van der Waals surface area contributed by atoms with Gasteiger partial charge in [-0.1, -0.05) is 12.1 Å². The highest BCUT2D eigenvalue weighted by Gasteiger charge is 2.44. The third kappa shape index (κ3) is 2.08. The van der Waals surface area contributed by atoms with Crippen LogP contribution in [-0.4, -0.2) is 13.6 Å². The zero-order chi connectivity index (χ0) is 12.6. The van der Waals surface area contributed by atoms with Crippen molar-refractivity contribution in [2.45, 2.75) is 18.3 Å². The maximum Gasteiger partial charge on any atom is 0.123 e. The minimum Gasteiger partial charge on any atom is -0.319 e. The summed E-state index contributed by atoms with van der Waals surface area (Å²) < 4.78 is 13.2. The Morgan fingerprint density at radius 3 is 2.78 bits per heavy atom. The summed E-state index contributed by atoms with van der Waals surface area (Å²) in [5.74, 6) is -0.168. The first kappa shape index (κ1) is 11.9. The van der Waals surface area contributed by atoms with Crippen LogP contribution in [0.3, 0.4) is 0 Å². The van der Waals surface area contributed by atoms with Gasteiger partial charge in [0, 0.05) is 21.7 Å². The minimum atomic E-state index is -0.168. The molecular weight excluding hydrogens is 245 g/mol. The second kappa shape index (κ2) is 4.48. The zero-order valence-electron chi connectivity index (χ0n) is 10.4. The van der Waals surface area contributed by atoms with Crippen molar-refractivity contribution in [2.24, 2.45) is 0 Å². The monoisotopic (exact) mass is 261 g/mol. The van der Waals surface area contributed by atoms with Crippen molar-refractivity contribution in [1.29, 1.82) is 0 Å². The molecule has 0 aliphatic heterocycles. The summed E-state index contributed by atoms with van der Waals surface area (Å²) in [6.07, 6.45) is 2.52. The molecule has 1 aromatic heterocycles. The van der Waals surface area contributed by atoms with Crippen LogP contribution in [0.2, 0.25) is 0 Å². The van der Waals surface area contributed by atoms with E-state index in [1.165, 1.54) is 23.8 Å². The Bertz CT molecular complexity index is 557. The fourth-order valence-corrected chi connectivity index (χ4v) is 3.67. The van der Waals surface area contributed by atoms with E-state index in [1.807, 2.05) is 13.1 Å². The lowest BCUT2D eigenvalue weighted by Gasteiger charge is -2.11. The quantitative estimate of drug-likeness (QED) is 0.882. The minimum absolute atomic E-state index is 0.168. The first-order chi connectivity index (χ1) is 8.73. The molecule has 1 fully saturated rings. The van der Waals surface area contributed by atoms with Crippen molar-refractivity contribution in [1.82, 2.24) is 5.32 Å². The van der Waals surface area contributed by atoms with Crippen LogP contribution in [0.5, 0.6) is 0 Å². The molecule has 1 saturated carbocycles. The lowest BCUT2D eigenvalue weighted by molar-refractivity contribution is 0.628. The summed E-state index contributed by atoms with van der Waals surface area (Å²) in [5, 5.41) is 3.27. The van der Waals surface area contributed by atoms with E-state index < -0.39 is 0 Å². The number of hydrogen-bond acceptors (Lipinski definition) is 2. The Labute approximate surface area is 111 Å². The van der Waals surface area contributed by atoms with Gasteiger partial charge in [-0.2, -0.15) is 0 Å². The first-order valence-electron chi connectivity index (χ1n) is 6.24. The van der Waals surface area contributed by atoms with Gasteiger partial charge in [0.1, 0.15) is 5.82 Å². The molecule has 1 nitrogen and oxygen atoms in total. The van der Waals surface area contributed by atoms with Gasteiger partial charge in [-0.05, 0) is 49.7 Å². The molecule has 1 aromatic carbocycles. The lowest BCUT2D eigenvalue weighted by Crippen LogP contribution is -2.22. The van der Waals surface area contributed by atoms with Crippen LogP contribution in [0.25, 0.3) is 10.4 Å². The maximum absolute atomic E-state index is 13.2. The number of halogens is 1. The van der Waals surface area contributed by atoms with E-state index in [-0.39, 0.29) is 5.82 Å². The van der Waals surface area contributed by atoms with Gasteiger partial charge < -0.3 is 5.32 Å². The number of rotatable bonds is 4. The summed E-state index contributed by atoms with van der Waals surface area (Å²) in [6, 6.07) is 11.1. The highest BCUT2D eigenvalue weighted by Crippen LogP contribution is 2.51. The second-order valence-corrected chi connectivity index (χ2v) is 6.07. The fraction of sp³-hybridized carbons (Fsp3) is 0.333. The summed E-state index contributed by atoms with van der Waals surface area (Å²) in [7, 11) is 2.00. The van der Waals surface area contributed by atoms with Crippen LogP contribution >= 0.6 is 11.3 Å². The predicted molar refractivity (Wildman–Crippen MR) is 74.6 cm³/mol. The van der Waals surface area contributed by atoms with E-state index in [0.717, 1.165) is 17.0 Å². The van der Waals surface area contributed by atoms with Gasteiger partial charge in [0.15, 0.2) is 0 Å². The van der Waals surface area contributed by atoms with Crippen LogP contribution in [0.1, 0.15) is 17.7 Å². The van der Waals surface area contributed by atoms with Crippen LogP contribution in [0.15, 0.2) is 36.4 Å². The van der Waals surface area contributed by atoms with E-state index in [4.69, 9.17) is 0 Å². The third-order valence-electron chi connectivity index (χ3n) is 3.61. The fourth-order valence-electron chi connectivity index (χ4n) is 2.42. The first-order valence-corrected chi connectivity index (χ1v) is 7.06. The summed E-state index contributed by atoms with van der Waals surface area (Å²) in [4.78, 5) is 2.59. The Kier molecular flexibility index (Phi) is 2.96. The molecule has 0 amide bonds. The number of nitrogens with one attached hydrogen (secondary N) is 1. The van der Waals surface area contributed by atoms with Crippen molar-refractivity contribution in [3.05, 3.63) is 47.1 Å². The lowest BCUT2D eigenvalue weighted by atomic mass is 10.1. The van der Waals surface area contributed by atoms with Gasteiger partial charge in [0.25, 0.3) is 0 Å². The number of benzene rings is 1. The van der Waals surface area contributed by atoms with E-state index in [9.17, 15) is 4.39 Å². The van der Waals surface area contributed by atoms with Gasteiger partial charge in [-0.15, -0.1) is 11.3 Å². The molecule has 94 valence electrons. The van der Waals surface area contributed by atoms with Crippen molar-refractivity contribution >= 4 is 11.3 Å². The molecule has 2 aromatic rings. The molecule has 18 heavy (non-hydrogen) atoms. The highest BCUT2D eigenvalue weighted by molar-refractivity contribution is 7.15. The van der Waals surface area contributed by atoms with E-state index in [2.05, 4.69) is 17.4 Å². The largest absolute Gasteiger partial charge is 0.319 e. The summed E-state index contributed by atoms with van der Waals surface area (Å²) >= 11 is 1.80. The van der Waals surface area contributed by atoms with E-state index in [0.29, 0.717) is 5.41 Å². The molecule has 0 bridgehead atoms.